The minimum Gasteiger partial charge on any atom is -0.477 e. The van der Waals surface area contributed by atoms with Gasteiger partial charge in [-0.3, -0.25) is 4.48 Å². The van der Waals surface area contributed by atoms with Crippen molar-refractivity contribution in [2.45, 2.75) is 39.0 Å². The molecule has 0 unspecified atom stereocenters. The van der Waals surface area contributed by atoms with Crippen molar-refractivity contribution in [3.8, 4) is 0 Å². The van der Waals surface area contributed by atoms with Gasteiger partial charge in [-0.25, -0.2) is 14.4 Å². The normalized spacial score (nSPS) is 11.7. The number of hydrogen-bond acceptors (Lipinski definition) is 3. The highest BCUT2D eigenvalue weighted by Crippen LogP contribution is 2.11. The maximum atomic E-state index is 10.9. The maximum absolute atomic E-state index is 10.9. The number of nitrogens with zero attached hydrogens (tertiary/aromatic N) is 1. The van der Waals surface area contributed by atoms with Crippen molar-refractivity contribution >= 4 is 17.9 Å². The van der Waals surface area contributed by atoms with Crippen LogP contribution in [0, 0.1) is 0 Å². The molecule has 0 rings (SSSR count). The molecule has 0 aliphatic rings. The molecule has 0 aliphatic carbocycles. The number of aliphatic carboxylic acids is 3. The van der Waals surface area contributed by atoms with Crippen molar-refractivity contribution in [1.82, 2.24) is 0 Å². The fraction of sp³-hybridized carbons (Fsp3) is 0.643. The molecule has 0 atom stereocenters. The van der Waals surface area contributed by atoms with Gasteiger partial charge in [0.25, 0.3) is 0 Å². The summed E-state index contributed by atoms with van der Waals surface area (Å²) in [5, 5.41) is 26.7. The van der Waals surface area contributed by atoms with Crippen molar-refractivity contribution < 1.29 is 34.2 Å². The average Bonchev–Trinajstić information content (AvgIpc) is 2.30. The van der Waals surface area contributed by atoms with E-state index in [0.717, 1.165) is 25.7 Å². The van der Waals surface area contributed by atoms with Gasteiger partial charge in [0.2, 0.25) is 0 Å². The van der Waals surface area contributed by atoms with Gasteiger partial charge in [-0.05, 0) is 18.9 Å². The van der Waals surface area contributed by atoms with Gasteiger partial charge >= 0.3 is 17.9 Å². The first-order valence-corrected chi connectivity index (χ1v) is 7.00. The highest BCUT2D eigenvalue weighted by molar-refractivity contribution is 5.73. The number of rotatable bonds is 12. The predicted octanol–water partition coefficient (Wildman–Crippen LogP) is 1.54. The maximum Gasteiger partial charge on any atom is 0.359 e. The lowest BCUT2D eigenvalue weighted by Crippen LogP contribution is -2.52. The lowest BCUT2D eigenvalue weighted by molar-refractivity contribution is -0.857. The van der Waals surface area contributed by atoms with Crippen LogP contribution >= 0.6 is 0 Å². The van der Waals surface area contributed by atoms with Crippen molar-refractivity contribution in [2.75, 3.05) is 19.6 Å². The van der Waals surface area contributed by atoms with E-state index in [4.69, 9.17) is 15.3 Å². The van der Waals surface area contributed by atoms with Crippen LogP contribution < -0.4 is 0 Å². The fourth-order valence-corrected chi connectivity index (χ4v) is 2.12. The number of carbonyl (C=O) groups is 3. The molecule has 0 aromatic rings. The van der Waals surface area contributed by atoms with E-state index in [1.54, 1.807) is 6.08 Å². The number of quaternary nitrogens is 1. The van der Waals surface area contributed by atoms with Crippen LogP contribution in [-0.2, 0) is 14.4 Å². The van der Waals surface area contributed by atoms with Crippen molar-refractivity contribution in [2.24, 2.45) is 0 Å². The quantitative estimate of drug-likeness (QED) is 0.372. The van der Waals surface area contributed by atoms with Crippen LogP contribution in [0.3, 0.4) is 0 Å². The highest BCUT2D eigenvalue weighted by Gasteiger charge is 2.33. The summed E-state index contributed by atoms with van der Waals surface area (Å²) in [6, 6.07) is 0. The molecule has 0 spiro atoms. The van der Waals surface area contributed by atoms with Gasteiger partial charge in [0.15, 0.2) is 19.6 Å². The Balaban J connectivity index is 4.87. The number of unbranched alkanes of at least 4 members (excludes halogenated alkanes) is 4. The minimum atomic E-state index is -1.23. The second-order valence-electron chi connectivity index (χ2n) is 5.11. The minimum absolute atomic E-state index is 0.565. The topological polar surface area (TPSA) is 112 Å². The summed E-state index contributed by atoms with van der Waals surface area (Å²) >= 11 is 0. The third-order valence-corrected chi connectivity index (χ3v) is 3.00. The van der Waals surface area contributed by atoms with Gasteiger partial charge in [0.05, 0.1) is 6.20 Å². The molecule has 7 heteroatoms. The zero-order valence-electron chi connectivity index (χ0n) is 12.3. The van der Waals surface area contributed by atoms with Gasteiger partial charge in [-0.2, -0.15) is 0 Å². The zero-order chi connectivity index (χ0) is 16.3. The number of hydrogen-bond donors (Lipinski definition) is 3. The van der Waals surface area contributed by atoms with Crippen LogP contribution in [0.25, 0.3) is 0 Å². The third kappa shape index (κ3) is 9.61. The molecule has 0 saturated heterocycles. The lowest BCUT2D eigenvalue weighted by atomic mass is 10.1. The summed E-state index contributed by atoms with van der Waals surface area (Å²) in [4.78, 5) is 32.7. The highest BCUT2D eigenvalue weighted by atomic mass is 16.4. The van der Waals surface area contributed by atoms with Crippen LogP contribution in [0.4, 0.5) is 0 Å². The Morgan fingerprint density at radius 2 is 1.33 bits per heavy atom. The Labute approximate surface area is 124 Å². The standard InChI is InChI=1S/C14H23NO6/c1-2-3-4-5-6-7-8-15(9-12(16)17,10-13(18)19)11-14(20)21/h7-8H,2-6,9-11H2,1H3,(H2-,16,17,18,19,20,21)/p+1/b8-7+. The number of allylic oxidation sites excluding steroid dienone is 1. The summed E-state index contributed by atoms with van der Waals surface area (Å²) in [6.07, 6.45) is 7.93. The van der Waals surface area contributed by atoms with Crippen LogP contribution in [0.15, 0.2) is 12.3 Å². The van der Waals surface area contributed by atoms with E-state index in [2.05, 4.69) is 6.92 Å². The molecule has 0 aromatic heterocycles. The van der Waals surface area contributed by atoms with E-state index in [1.165, 1.54) is 6.20 Å². The molecule has 0 aliphatic heterocycles. The lowest BCUT2D eigenvalue weighted by Gasteiger charge is -2.29. The van der Waals surface area contributed by atoms with Crippen molar-refractivity contribution in [3.63, 3.8) is 0 Å². The van der Waals surface area contributed by atoms with E-state index in [-0.39, 0.29) is 0 Å². The van der Waals surface area contributed by atoms with Gasteiger partial charge in [-0.1, -0.05) is 26.2 Å². The summed E-state index contributed by atoms with van der Waals surface area (Å²) < 4.78 is -0.617. The molecule has 0 aromatic carbocycles. The van der Waals surface area contributed by atoms with Crippen molar-refractivity contribution in [3.05, 3.63) is 12.3 Å². The smallest absolute Gasteiger partial charge is 0.359 e. The molecule has 0 fully saturated rings. The molecule has 0 heterocycles. The van der Waals surface area contributed by atoms with Gasteiger partial charge in [-0.15, -0.1) is 0 Å². The first kappa shape index (κ1) is 19.1. The Hall–Kier alpha value is -1.89. The van der Waals surface area contributed by atoms with Gasteiger partial charge in [0, 0.05) is 0 Å². The SMILES string of the molecule is CCCCCC/C=C/[N+](CC(=O)O)(CC(=O)O)CC(=O)O. The molecule has 3 N–H and O–H groups in total. The summed E-state index contributed by atoms with van der Waals surface area (Å²) in [5.74, 6) is -3.69. The Morgan fingerprint density at radius 3 is 1.71 bits per heavy atom. The molecule has 0 saturated carbocycles. The summed E-state index contributed by atoms with van der Waals surface area (Å²) in [7, 11) is 0. The molecule has 120 valence electrons. The van der Waals surface area contributed by atoms with E-state index < -0.39 is 42.0 Å². The third-order valence-electron chi connectivity index (χ3n) is 3.00. The van der Waals surface area contributed by atoms with Gasteiger partial charge in [0.1, 0.15) is 0 Å². The molecule has 0 amide bonds. The number of carboxylic acids is 3. The van der Waals surface area contributed by atoms with Crippen LogP contribution in [-0.4, -0.2) is 57.3 Å². The van der Waals surface area contributed by atoms with Crippen LogP contribution in [0.2, 0.25) is 0 Å². The molecular weight excluding hydrogens is 278 g/mol. The fourth-order valence-electron chi connectivity index (χ4n) is 2.12. The molecule has 0 bridgehead atoms. The first-order valence-electron chi connectivity index (χ1n) is 7.00. The zero-order valence-corrected chi connectivity index (χ0v) is 12.3. The van der Waals surface area contributed by atoms with E-state index in [0.29, 0.717) is 6.42 Å². The van der Waals surface area contributed by atoms with Crippen molar-refractivity contribution in [1.29, 1.82) is 0 Å². The second kappa shape index (κ2) is 9.93. The Bertz CT molecular complexity index is 350. The summed E-state index contributed by atoms with van der Waals surface area (Å²) in [6.45, 7) is 0.391. The number of carboxylic acid groups (broad SMARTS) is 3. The first-order chi connectivity index (χ1) is 9.81. The molecule has 7 nitrogen and oxygen atoms in total. The van der Waals surface area contributed by atoms with Crippen LogP contribution in [0.5, 0.6) is 0 Å². The summed E-state index contributed by atoms with van der Waals surface area (Å²) in [5.41, 5.74) is 0. The van der Waals surface area contributed by atoms with Gasteiger partial charge < -0.3 is 15.3 Å². The average molecular weight is 302 g/mol. The molecule has 0 radical (unpaired) electrons. The van der Waals surface area contributed by atoms with E-state index in [9.17, 15) is 14.4 Å². The Kier molecular flexibility index (Phi) is 9.03. The van der Waals surface area contributed by atoms with E-state index in [1.807, 2.05) is 0 Å². The largest absolute Gasteiger partial charge is 0.477 e. The Morgan fingerprint density at radius 1 is 0.857 bits per heavy atom. The molecular formula is C14H24NO6+. The molecule has 21 heavy (non-hydrogen) atoms. The predicted molar refractivity (Wildman–Crippen MR) is 75.7 cm³/mol. The van der Waals surface area contributed by atoms with Crippen LogP contribution in [0.1, 0.15) is 39.0 Å². The van der Waals surface area contributed by atoms with E-state index >= 15 is 0 Å². The monoisotopic (exact) mass is 302 g/mol. The second-order valence-corrected chi connectivity index (χ2v) is 5.11.